The normalized spacial score (nSPS) is 12.1. The molecule has 1 aromatic heterocycles. The summed E-state index contributed by atoms with van der Waals surface area (Å²) < 4.78 is 7.73. The van der Waals surface area contributed by atoms with E-state index in [-0.39, 0.29) is 5.60 Å². The van der Waals surface area contributed by atoms with Crippen LogP contribution in [0.15, 0.2) is 12.4 Å². The van der Waals surface area contributed by atoms with Crippen molar-refractivity contribution in [2.24, 2.45) is 0 Å². The van der Waals surface area contributed by atoms with Crippen LogP contribution < -0.4 is 0 Å². The molecule has 0 aliphatic heterocycles. The Morgan fingerprint density at radius 2 is 1.62 bits per heavy atom. The molecule has 1 rings (SSSR count). The fraction of sp³-hybridized carbons (Fsp3) is 0.636. The van der Waals surface area contributed by atoms with E-state index >= 15 is 0 Å². The maximum atomic E-state index is 5.65. The molecule has 0 spiro atoms. The van der Waals surface area contributed by atoms with Crippen LogP contribution in [0.3, 0.4) is 0 Å². The van der Waals surface area contributed by atoms with Gasteiger partial charge in [-0.1, -0.05) is 0 Å². The van der Waals surface area contributed by atoms with Crippen LogP contribution in [0, 0.1) is 13.8 Å². The van der Waals surface area contributed by atoms with Crippen LogP contribution in [-0.4, -0.2) is 10.2 Å². The highest BCUT2D eigenvalue weighted by molar-refractivity contribution is 5.20. The summed E-state index contributed by atoms with van der Waals surface area (Å²) in [6.07, 6.45) is 4.22. The molecule has 0 aliphatic carbocycles. The number of nitrogens with zero attached hydrogens (tertiary/aromatic N) is 1. The average molecular weight is 181 g/mol. The van der Waals surface area contributed by atoms with Gasteiger partial charge in [-0.15, -0.1) is 0 Å². The Hall–Kier alpha value is -0.760. The van der Waals surface area contributed by atoms with Crippen molar-refractivity contribution in [3.63, 3.8) is 0 Å². The summed E-state index contributed by atoms with van der Waals surface area (Å²) in [6, 6.07) is 0. The van der Waals surface area contributed by atoms with E-state index in [4.69, 9.17) is 4.74 Å². The van der Waals surface area contributed by atoms with Crippen LogP contribution in [0.4, 0.5) is 0 Å². The van der Waals surface area contributed by atoms with Gasteiger partial charge in [0.15, 0.2) is 0 Å². The van der Waals surface area contributed by atoms with Crippen molar-refractivity contribution in [3.05, 3.63) is 23.5 Å². The van der Waals surface area contributed by atoms with Crippen molar-refractivity contribution in [2.45, 2.75) is 47.0 Å². The topological polar surface area (TPSA) is 14.2 Å². The monoisotopic (exact) mass is 181 g/mol. The summed E-state index contributed by atoms with van der Waals surface area (Å²) in [5.74, 6) is 0. The smallest absolute Gasteiger partial charge is 0.123 e. The number of hydrogen-bond donors (Lipinski definition) is 0. The highest BCUT2D eigenvalue weighted by Gasteiger charge is 2.09. The lowest BCUT2D eigenvalue weighted by atomic mass is 10.2. The van der Waals surface area contributed by atoms with Gasteiger partial charge in [-0.25, -0.2) is 0 Å². The van der Waals surface area contributed by atoms with Crippen molar-refractivity contribution < 1.29 is 4.74 Å². The number of ether oxygens (including phenoxy) is 1. The van der Waals surface area contributed by atoms with E-state index < -0.39 is 0 Å². The van der Waals surface area contributed by atoms with Gasteiger partial charge in [-0.2, -0.15) is 0 Å². The lowest BCUT2D eigenvalue weighted by molar-refractivity contribution is -0.0431. The van der Waals surface area contributed by atoms with Gasteiger partial charge < -0.3 is 9.30 Å². The zero-order valence-electron chi connectivity index (χ0n) is 9.22. The van der Waals surface area contributed by atoms with Crippen LogP contribution in [-0.2, 0) is 11.5 Å². The fourth-order valence-corrected chi connectivity index (χ4v) is 1.08. The highest BCUT2D eigenvalue weighted by Crippen LogP contribution is 2.11. The molecule has 0 aliphatic rings. The summed E-state index contributed by atoms with van der Waals surface area (Å²) in [4.78, 5) is 0. The Balaban J connectivity index is 2.56. The number of aromatic nitrogens is 1. The van der Waals surface area contributed by atoms with E-state index in [0.29, 0.717) is 6.73 Å². The maximum absolute atomic E-state index is 5.65. The molecule has 0 saturated carbocycles. The molecule has 2 nitrogen and oxygen atoms in total. The van der Waals surface area contributed by atoms with Crippen LogP contribution in [0.25, 0.3) is 0 Å². The third kappa shape index (κ3) is 3.23. The van der Waals surface area contributed by atoms with Gasteiger partial charge in [0.2, 0.25) is 0 Å². The van der Waals surface area contributed by atoms with Crippen molar-refractivity contribution in [2.75, 3.05) is 0 Å². The molecule has 0 N–H and O–H groups in total. The van der Waals surface area contributed by atoms with Crippen molar-refractivity contribution in [1.29, 1.82) is 0 Å². The first kappa shape index (κ1) is 10.3. The SMILES string of the molecule is Cc1cn(COC(C)(C)C)cc1C. The number of aryl methyl sites for hydroxylation is 2. The van der Waals surface area contributed by atoms with Gasteiger partial charge in [0.1, 0.15) is 6.73 Å². The third-order valence-electron chi connectivity index (χ3n) is 1.99. The second-order valence-electron chi connectivity index (χ2n) is 4.52. The molecule has 0 radical (unpaired) electrons. The van der Waals surface area contributed by atoms with E-state index in [0.717, 1.165) is 0 Å². The van der Waals surface area contributed by atoms with Gasteiger partial charge in [0, 0.05) is 12.4 Å². The molecule has 13 heavy (non-hydrogen) atoms. The Morgan fingerprint density at radius 1 is 1.15 bits per heavy atom. The fourth-order valence-electron chi connectivity index (χ4n) is 1.08. The molecule has 0 fully saturated rings. The second kappa shape index (κ2) is 3.54. The Kier molecular flexibility index (Phi) is 2.81. The first-order valence-corrected chi connectivity index (χ1v) is 4.65. The highest BCUT2D eigenvalue weighted by atomic mass is 16.5. The lowest BCUT2D eigenvalue weighted by Gasteiger charge is -2.19. The lowest BCUT2D eigenvalue weighted by Crippen LogP contribution is -2.20. The summed E-state index contributed by atoms with van der Waals surface area (Å²) >= 11 is 0. The van der Waals surface area contributed by atoms with Crippen LogP contribution in [0.2, 0.25) is 0 Å². The number of rotatable bonds is 2. The molecule has 0 saturated heterocycles. The van der Waals surface area contributed by atoms with Crippen LogP contribution in [0.5, 0.6) is 0 Å². The van der Waals surface area contributed by atoms with Gasteiger partial charge in [0.25, 0.3) is 0 Å². The molecule has 0 aromatic carbocycles. The van der Waals surface area contributed by atoms with Gasteiger partial charge in [0.05, 0.1) is 5.60 Å². The standard InChI is InChI=1S/C11H19NO/c1-9-6-12(7-10(9)2)8-13-11(3,4)5/h6-7H,8H2,1-5H3. The van der Waals surface area contributed by atoms with Crippen LogP contribution >= 0.6 is 0 Å². The van der Waals surface area contributed by atoms with Crippen molar-refractivity contribution in [1.82, 2.24) is 4.57 Å². The van der Waals surface area contributed by atoms with E-state index in [2.05, 4.69) is 51.6 Å². The predicted molar refractivity (Wildman–Crippen MR) is 54.7 cm³/mol. The molecule has 1 heterocycles. The first-order valence-electron chi connectivity index (χ1n) is 4.65. The number of hydrogen-bond acceptors (Lipinski definition) is 1. The average Bonchev–Trinajstić information content (AvgIpc) is 2.27. The van der Waals surface area contributed by atoms with E-state index in [1.165, 1.54) is 11.1 Å². The van der Waals surface area contributed by atoms with Crippen LogP contribution in [0.1, 0.15) is 31.9 Å². The van der Waals surface area contributed by atoms with Gasteiger partial charge in [-0.05, 0) is 45.7 Å². The van der Waals surface area contributed by atoms with E-state index in [9.17, 15) is 0 Å². The molecular formula is C11H19NO. The molecule has 1 aromatic rings. The molecule has 74 valence electrons. The van der Waals surface area contributed by atoms with Gasteiger partial charge >= 0.3 is 0 Å². The van der Waals surface area contributed by atoms with E-state index in [1.54, 1.807) is 0 Å². The molecule has 0 amide bonds. The quantitative estimate of drug-likeness (QED) is 0.684. The van der Waals surface area contributed by atoms with Crippen molar-refractivity contribution in [3.8, 4) is 0 Å². The maximum Gasteiger partial charge on any atom is 0.123 e. The first-order chi connectivity index (χ1) is 5.88. The largest absolute Gasteiger partial charge is 0.355 e. The Bertz CT molecular complexity index is 261. The molecule has 2 heteroatoms. The zero-order valence-corrected chi connectivity index (χ0v) is 9.22. The van der Waals surface area contributed by atoms with E-state index in [1.807, 2.05) is 0 Å². The minimum absolute atomic E-state index is 0.0634. The Labute approximate surface area is 80.5 Å². The minimum atomic E-state index is -0.0634. The zero-order chi connectivity index (χ0) is 10.1. The predicted octanol–water partition coefficient (Wildman–Crippen LogP) is 2.88. The molecular weight excluding hydrogens is 162 g/mol. The molecule has 0 atom stereocenters. The summed E-state index contributed by atoms with van der Waals surface area (Å²) in [5.41, 5.74) is 2.57. The second-order valence-corrected chi connectivity index (χ2v) is 4.52. The molecule has 0 bridgehead atoms. The third-order valence-corrected chi connectivity index (χ3v) is 1.99. The Morgan fingerprint density at radius 3 is 2.00 bits per heavy atom. The van der Waals surface area contributed by atoms with Gasteiger partial charge in [-0.3, -0.25) is 0 Å². The molecule has 0 unspecified atom stereocenters. The summed E-state index contributed by atoms with van der Waals surface area (Å²) in [7, 11) is 0. The summed E-state index contributed by atoms with van der Waals surface area (Å²) in [6.45, 7) is 11.1. The summed E-state index contributed by atoms with van der Waals surface area (Å²) in [5, 5.41) is 0. The van der Waals surface area contributed by atoms with Crippen molar-refractivity contribution >= 4 is 0 Å². The minimum Gasteiger partial charge on any atom is -0.355 e.